The number of nitrogens with one attached hydrogen (secondary N) is 1. The van der Waals surface area contributed by atoms with Crippen LogP contribution in [0, 0.1) is 11.3 Å². The fraction of sp³-hybridized carbons (Fsp3) is 0.308. The molecule has 0 aromatic heterocycles. The lowest BCUT2D eigenvalue weighted by atomic mass is 9.76. The standard InChI is InChI=1S/C26H25ClN2OS/c1-16(2)17-10-12-18(13-11-17)24-20(14-28)26(29-22-8-5-9-23(30)25(22)24)31-15-19-6-3-4-7-21(19)27/h3-4,6-7,10-13,16,24,29H,5,8-9,15H2,1-2H3. The molecule has 2 aromatic rings. The second kappa shape index (κ2) is 9.34. The predicted octanol–water partition coefficient (Wildman–Crippen LogP) is 6.83. The van der Waals surface area contributed by atoms with Crippen LogP contribution in [0.1, 0.15) is 61.6 Å². The van der Waals surface area contributed by atoms with Crippen LogP contribution in [0.2, 0.25) is 5.02 Å². The molecule has 2 aliphatic rings. The molecule has 2 aromatic carbocycles. The molecular formula is C26H25ClN2OS. The van der Waals surface area contributed by atoms with Crippen molar-refractivity contribution in [3.63, 3.8) is 0 Å². The third kappa shape index (κ3) is 4.44. The average Bonchev–Trinajstić information content (AvgIpc) is 2.77. The van der Waals surface area contributed by atoms with Crippen molar-refractivity contribution in [2.75, 3.05) is 0 Å². The van der Waals surface area contributed by atoms with Gasteiger partial charge in [0.25, 0.3) is 0 Å². The fourth-order valence-corrected chi connectivity index (χ4v) is 5.56. The predicted molar refractivity (Wildman–Crippen MR) is 128 cm³/mol. The largest absolute Gasteiger partial charge is 0.352 e. The number of hydrogen-bond donors (Lipinski definition) is 1. The van der Waals surface area contributed by atoms with E-state index in [1.54, 1.807) is 11.8 Å². The highest BCUT2D eigenvalue weighted by atomic mass is 35.5. The molecule has 0 spiro atoms. The number of allylic oxidation sites excluding steroid dienone is 3. The van der Waals surface area contributed by atoms with Crippen molar-refractivity contribution < 1.29 is 4.79 Å². The van der Waals surface area contributed by atoms with E-state index < -0.39 is 0 Å². The van der Waals surface area contributed by atoms with Crippen LogP contribution in [0.3, 0.4) is 0 Å². The quantitative estimate of drug-likeness (QED) is 0.544. The maximum atomic E-state index is 12.9. The molecular weight excluding hydrogens is 424 g/mol. The maximum Gasteiger partial charge on any atom is 0.161 e. The van der Waals surface area contributed by atoms with Crippen molar-refractivity contribution >= 4 is 29.1 Å². The molecule has 5 heteroatoms. The molecule has 1 aliphatic carbocycles. The lowest BCUT2D eigenvalue weighted by Crippen LogP contribution is -2.31. The number of dihydropyridines is 1. The summed E-state index contributed by atoms with van der Waals surface area (Å²) in [4.78, 5) is 12.9. The molecule has 3 nitrogen and oxygen atoms in total. The number of nitrogens with zero attached hydrogens (tertiary/aromatic N) is 1. The zero-order chi connectivity index (χ0) is 22.0. The number of nitriles is 1. The Morgan fingerprint density at radius 3 is 2.58 bits per heavy atom. The Labute approximate surface area is 193 Å². The molecule has 0 radical (unpaired) electrons. The van der Waals surface area contributed by atoms with E-state index in [-0.39, 0.29) is 11.7 Å². The van der Waals surface area contributed by atoms with Crippen LogP contribution in [0.4, 0.5) is 0 Å². The fourth-order valence-electron chi connectivity index (χ4n) is 4.21. The van der Waals surface area contributed by atoms with Crippen LogP contribution in [0.15, 0.2) is 70.4 Å². The van der Waals surface area contributed by atoms with Gasteiger partial charge in [-0.2, -0.15) is 5.26 Å². The zero-order valence-electron chi connectivity index (χ0n) is 17.7. The second-order valence-electron chi connectivity index (χ2n) is 8.28. The number of carbonyl (C=O) groups is 1. The van der Waals surface area contributed by atoms with Gasteiger partial charge in [-0.25, -0.2) is 0 Å². The summed E-state index contributed by atoms with van der Waals surface area (Å²) in [6, 6.07) is 18.6. The smallest absolute Gasteiger partial charge is 0.161 e. The third-order valence-electron chi connectivity index (χ3n) is 5.93. The van der Waals surface area contributed by atoms with Gasteiger partial charge in [-0.05, 0) is 41.5 Å². The van der Waals surface area contributed by atoms with Gasteiger partial charge in [0.15, 0.2) is 5.78 Å². The monoisotopic (exact) mass is 448 g/mol. The molecule has 158 valence electrons. The number of halogens is 1. The molecule has 0 saturated carbocycles. The van der Waals surface area contributed by atoms with E-state index in [9.17, 15) is 10.1 Å². The number of Topliss-reactive ketones (excluding diaryl/α,β-unsaturated/α-hetero) is 1. The minimum absolute atomic E-state index is 0.148. The molecule has 1 aliphatic heterocycles. The molecule has 0 saturated heterocycles. The van der Waals surface area contributed by atoms with Crippen LogP contribution in [-0.2, 0) is 10.5 Å². The summed E-state index contributed by atoms with van der Waals surface area (Å²) in [5.41, 5.74) is 5.62. The number of thioether (sulfide) groups is 1. The van der Waals surface area contributed by atoms with Crippen molar-refractivity contribution in [3.05, 3.63) is 92.1 Å². The number of hydrogen-bond acceptors (Lipinski definition) is 4. The third-order valence-corrected chi connectivity index (χ3v) is 7.36. The highest BCUT2D eigenvalue weighted by molar-refractivity contribution is 8.02. The number of carbonyl (C=O) groups excluding carboxylic acids is 1. The number of benzene rings is 2. The minimum atomic E-state index is -0.316. The van der Waals surface area contributed by atoms with Gasteiger partial charge in [0.2, 0.25) is 0 Å². The number of ketones is 1. The Balaban J connectivity index is 1.74. The van der Waals surface area contributed by atoms with E-state index in [0.29, 0.717) is 23.7 Å². The van der Waals surface area contributed by atoms with Gasteiger partial charge in [-0.15, -0.1) is 11.8 Å². The summed E-state index contributed by atoms with van der Waals surface area (Å²) in [6.07, 6.45) is 2.21. The topological polar surface area (TPSA) is 52.9 Å². The minimum Gasteiger partial charge on any atom is -0.352 e. The van der Waals surface area contributed by atoms with E-state index in [4.69, 9.17) is 11.6 Å². The van der Waals surface area contributed by atoms with Gasteiger partial charge in [-0.3, -0.25) is 4.79 Å². The zero-order valence-corrected chi connectivity index (χ0v) is 19.3. The molecule has 1 heterocycles. The van der Waals surface area contributed by atoms with E-state index in [0.717, 1.165) is 45.3 Å². The summed E-state index contributed by atoms with van der Waals surface area (Å²) in [5, 5.41) is 15.1. The van der Waals surface area contributed by atoms with Gasteiger partial charge < -0.3 is 5.32 Å². The Bertz CT molecular complexity index is 1110. The molecule has 1 N–H and O–H groups in total. The Morgan fingerprint density at radius 1 is 1.16 bits per heavy atom. The van der Waals surface area contributed by atoms with Crippen LogP contribution in [-0.4, -0.2) is 5.78 Å². The van der Waals surface area contributed by atoms with Crippen LogP contribution in [0.5, 0.6) is 0 Å². The molecule has 1 unspecified atom stereocenters. The van der Waals surface area contributed by atoms with Crippen LogP contribution >= 0.6 is 23.4 Å². The van der Waals surface area contributed by atoms with Gasteiger partial charge in [-0.1, -0.05) is 67.9 Å². The van der Waals surface area contributed by atoms with E-state index in [2.05, 4.69) is 49.5 Å². The highest BCUT2D eigenvalue weighted by Gasteiger charge is 2.37. The van der Waals surface area contributed by atoms with Crippen molar-refractivity contribution in [1.82, 2.24) is 5.32 Å². The summed E-state index contributed by atoms with van der Waals surface area (Å²) < 4.78 is 0. The summed E-state index contributed by atoms with van der Waals surface area (Å²) in [6.45, 7) is 4.32. The second-order valence-corrected chi connectivity index (χ2v) is 9.68. The van der Waals surface area contributed by atoms with Crippen LogP contribution < -0.4 is 5.32 Å². The van der Waals surface area contributed by atoms with Crippen LogP contribution in [0.25, 0.3) is 0 Å². The van der Waals surface area contributed by atoms with Gasteiger partial charge in [0.05, 0.1) is 22.6 Å². The lowest BCUT2D eigenvalue weighted by Gasteiger charge is -2.33. The summed E-state index contributed by atoms with van der Waals surface area (Å²) >= 11 is 7.91. The molecule has 0 amide bonds. The van der Waals surface area contributed by atoms with Gasteiger partial charge >= 0.3 is 0 Å². The molecule has 4 rings (SSSR count). The van der Waals surface area contributed by atoms with Crippen molar-refractivity contribution in [3.8, 4) is 6.07 Å². The first-order chi connectivity index (χ1) is 15.0. The van der Waals surface area contributed by atoms with Gasteiger partial charge in [0.1, 0.15) is 0 Å². The normalized spacial score (nSPS) is 18.7. The number of rotatable bonds is 5. The van der Waals surface area contributed by atoms with E-state index in [1.807, 2.05) is 24.3 Å². The van der Waals surface area contributed by atoms with E-state index >= 15 is 0 Å². The van der Waals surface area contributed by atoms with Crippen molar-refractivity contribution in [2.24, 2.45) is 0 Å². The molecule has 0 bridgehead atoms. The SMILES string of the molecule is CC(C)c1ccc(C2C(C#N)=C(SCc3ccccc3Cl)NC3=C2C(=O)CCC3)cc1. The first-order valence-electron chi connectivity index (χ1n) is 10.6. The Morgan fingerprint density at radius 2 is 1.90 bits per heavy atom. The first-order valence-corrected chi connectivity index (χ1v) is 12.0. The maximum absolute atomic E-state index is 12.9. The molecule has 1 atom stereocenters. The lowest BCUT2D eigenvalue weighted by molar-refractivity contribution is -0.116. The Kier molecular flexibility index (Phi) is 6.55. The first kappa shape index (κ1) is 21.7. The van der Waals surface area contributed by atoms with Gasteiger partial charge in [0, 0.05) is 28.5 Å². The highest BCUT2D eigenvalue weighted by Crippen LogP contribution is 2.44. The summed E-state index contributed by atoms with van der Waals surface area (Å²) in [5.74, 6) is 0.919. The average molecular weight is 449 g/mol. The van der Waals surface area contributed by atoms with E-state index in [1.165, 1.54) is 5.56 Å². The van der Waals surface area contributed by atoms with Crippen molar-refractivity contribution in [2.45, 2.75) is 50.7 Å². The summed E-state index contributed by atoms with van der Waals surface area (Å²) in [7, 11) is 0. The van der Waals surface area contributed by atoms with Crippen molar-refractivity contribution in [1.29, 1.82) is 5.26 Å². The molecule has 31 heavy (non-hydrogen) atoms. The Hall–Kier alpha value is -2.48. The molecule has 0 fully saturated rings.